The van der Waals surface area contributed by atoms with Crippen LogP contribution in [0.5, 0.6) is 5.75 Å². The topological polar surface area (TPSA) is 9.23 Å². The smallest absolute Gasteiger partial charge is 0.165 e. The molecule has 0 spiro atoms. The van der Waals surface area contributed by atoms with Crippen molar-refractivity contribution in [3.8, 4) is 5.75 Å². The van der Waals surface area contributed by atoms with E-state index in [0.29, 0.717) is 12.2 Å². The fraction of sp³-hybridized carbons (Fsp3) is 0.400. The van der Waals surface area contributed by atoms with Crippen molar-refractivity contribution in [3.05, 3.63) is 29.3 Å². The molecule has 1 aliphatic heterocycles. The van der Waals surface area contributed by atoms with Gasteiger partial charge >= 0.3 is 0 Å². The molecule has 0 aliphatic carbocycles. The molecule has 0 radical (unpaired) electrons. The SMILES string of the molecule is CC1CCOc2c(F)ccc(F)c21. The van der Waals surface area contributed by atoms with Gasteiger partial charge in [0, 0.05) is 5.56 Å². The van der Waals surface area contributed by atoms with Crippen LogP contribution in [0, 0.1) is 11.6 Å². The van der Waals surface area contributed by atoms with Crippen molar-refractivity contribution in [2.75, 3.05) is 6.61 Å². The summed E-state index contributed by atoms with van der Waals surface area (Å²) in [4.78, 5) is 0. The number of halogens is 2. The van der Waals surface area contributed by atoms with Crippen LogP contribution in [0.25, 0.3) is 0 Å². The Kier molecular flexibility index (Phi) is 1.94. The summed E-state index contributed by atoms with van der Waals surface area (Å²) in [5, 5.41) is 0. The van der Waals surface area contributed by atoms with Crippen LogP contribution in [-0.2, 0) is 0 Å². The van der Waals surface area contributed by atoms with Crippen LogP contribution < -0.4 is 4.74 Å². The molecule has 0 bridgehead atoms. The maximum atomic E-state index is 13.3. The average molecular weight is 184 g/mol. The van der Waals surface area contributed by atoms with Gasteiger partial charge < -0.3 is 4.74 Å². The minimum absolute atomic E-state index is 0.0412. The second-order valence-corrected chi connectivity index (χ2v) is 3.31. The number of rotatable bonds is 0. The molecular formula is C10H10F2O. The molecule has 1 nitrogen and oxygen atoms in total. The van der Waals surface area contributed by atoms with E-state index in [1.807, 2.05) is 6.92 Å². The third kappa shape index (κ3) is 1.28. The first kappa shape index (κ1) is 8.48. The Morgan fingerprint density at radius 2 is 2.00 bits per heavy atom. The normalized spacial score (nSPS) is 20.7. The number of hydrogen-bond acceptors (Lipinski definition) is 1. The Bertz CT molecular complexity index is 336. The van der Waals surface area contributed by atoms with Crippen molar-refractivity contribution < 1.29 is 13.5 Å². The zero-order valence-corrected chi connectivity index (χ0v) is 7.31. The van der Waals surface area contributed by atoms with E-state index in [2.05, 4.69) is 0 Å². The van der Waals surface area contributed by atoms with Gasteiger partial charge in [-0.15, -0.1) is 0 Å². The maximum absolute atomic E-state index is 13.3. The molecule has 0 saturated carbocycles. The summed E-state index contributed by atoms with van der Waals surface area (Å²) >= 11 is 0. The molecule has 0 fully saturated rings. The Hall–Kier alpha value is -1.12. The van der Waals surface area contributed by atoms with E-state index in [1.165, 1.54) is 0 Å². The first-order valence-corrected chi connectivity index (χ1v) is 4.31. The quantitative estimate of drug-likeness (QED) is 0.602. The maximum Gasteiger partial charge on any atom is 0.165 e. The summed E-state index contributed by atoms with van der Waals surface area (Å²) in [6.07, 6.45) is 0.743. The van der Waals surface area contributed by atoms with E-state index in [1.54, 1.807) is 0 Å². The molecular weight excluding hydrogens is 174 g/mol. The summed E-state index contributed by atoms with van der Waals surface area (Å²) in [6.45, 7) is 2.35. The summed E-state index contributed by atoms with van der Waals surface area (Å²) < 4.78 is 31.5. The number of fused-ring (bicyclic) bond motifs is 1. The molecule has 2 rings (SSSR count). The Morgan fingerprint density at radius 1 is 1.31 bits per heavy atom. The first-order valence-electron chi connectivity index (χ1n) is 4.31. The van der Waals surface area contributed by atoms with E-state index >= 15 is 0 Å². The van der Waals surface area contributed by atoms with Crippen molar-refractivity contribution in [1.82, 2.24) is 0 Å². The van der Waals surface area contributed by atoms with E-state index in [-0.39, 0.29) is 17.5 Å². The van der Waals surface area contributed by atoms with Gasteiger partial charge in [-0.1, -0.05) is 6.92 Å². The summed E-state index contributed by atoms with van der Waals surface area (Å²) in [6, 6.07) is 2.26. The van der Waals surface area contributed by atoms with Crippen LogP contribution in [0.1, 0.15) is 24.8 Å². The van der Waals surface area contributed by atoms with E-state index in [0.717, 1.165) is 18.6 Å². The highest BCUT2D eigenvalue weighted by atomic mass is 19.1. The lowest BCUT2D eigenvalue weighted by molar-refractivity contribution is 0.253. The minimum atomic E-state index is -0.469. The van der Waals surface area contributed by atoms with Crippen molar-refractivity contribution in [2.24, 2.45) is 0 Å². The second-order valence-electron chi connectivity index (χ2n) is 3.31. The molecule has 1 aromatic carbocycles. The zero-order chi connectivity index (χ0) is 9.42. The van der Waals surface area contributed by atoms with Gasteiger partial charge in [-0.25, -0.2) is 8.78 Å². The summed E-state index contributed by atoms with van der Waals surface area (Å²) in [5.41, 5.74) is 0.381. The number of ether oxygens (including phenoxy) is 1. The first-order chi connectivity index (χ1) is 6.20. The minimum Gasteiger partial charge on any atom is -0.490 e. The lowest BCUT2D eigenvalue weighted by atomic mass is 9.94. The molecule has 0 amide bonds. The van der Waals surface area contributed by atoms with Gasteiger partial charge in [0.25, 0.3) is 0 Å². The summed E-state index contributed by atoms with van der Waals surface area (Å²) in [5.74, 6) is -0.704. The van der Waals surface area contributed by atoms with Gasteiger partial charge in [-0.3, -0.25) is 0 Å². The number of hydrogen-bond donors (Lipinski definition) is 0. The highest BCUT2D eigenvalue weighted by Gasteiger charge is 2.24. The average Bonchev–Trinajstić information content (AvgIpc) is 2.12. The molecule has 1 aliphatic rings. The van der Waals surface area contributed by atoms with Crippen LogP contribution in [0.3, 0.4) is 0 Å². The van der Waals surface area contributed by atoms with E-state index in [4.69, 9.17) is 4.74 Å². The van der Waals surface area contributed by atoms with E-state index in [9.17, 15) is 8.78 Å². The highest BCUT2D eigenvalue weighted by molar-refractivity contribution is 5.39. The highest BCUT2D eigenvalue weighted by Crippen LogP contribution is 2.36. The van der Waals surface area contributed by atoms with Crippen molar-refractivity contribution in [3.63, 3.8) is 0 Å². The van der Waals surface area contributed by atoms with Crippen molar-refractivity contribution in [2.45, 2.75) is 19.3 Å². The molecule has 1 atom stereocenters. The fourth-order valence-electron chi connectivity index (χ4n) is 1.64. The predicted octanol–water partition coefficient (Wildman–Crippen LogP) is 2.85. The van der Waals surface area contributed by atoms with Gasteiger partial charge in [-0.2, -0.15) is 0 Å². The van der Waals surface area contributed by atoms with Crippen LogP contribution in [-0.4, -0.2) is 6.61 Å². The Morgan fingerprint density at radius 3 is 2.69 bits per heavy atom. The molecule has 0 aromatic heterocycles. The standard InChI is InChI=1S/C10H10F2O/c1-6-4-5-13-10-8(12)3-2-7(11)9(6)10/h2-3,6H,4-5H2,1H3. The van der Waals surface area contributed by atoms with Crippen LogP contribution >= 0.6 is 0 Å². The third-order valence-electron chi connectivity index (χ3n) is 2.38. The van der Waals surface area contributed by atoms with E-state index < -0.39 is 5.82 Å². The van der Waals surface area contributed by atoms with Gasteiger partial charge in [0.2, 0.25) is 0 Å². The zero-order valence-electron chi connectivity index (χ0n) is 7.31. The lowest BCUT2D eigenvalue weighted by Gasteiger charge is -2.23. The molecule has 70 valence electrons. The Labute approximate surface area is 75.3 Å². The monoisotopic (exact) mass is 184 g/mol. The van der Waals surface area contributed by atoms with Crippen molar-refractivity contribution >= 4 is 0 Å². The van der Waals surface area contributed by atoms with Crippen LogP contribution in [0.4, 0.5) is 8.78 Å². The van der Waals surface area contributed by atoms with Gasteiger partial charge in [0.15, 0.2) is 11.6 Å². The molecule has 0 saturated heterocycles. The van der Waals surface area contributed by atoms with Gasteiger partial charge in [-0.05, 0) is 24.5 Å². The molecule has 1 unspecified atom stereocenters. The Balaban J connectivity index is 2.60. The van der Waals surface area contributed by atoms with Crippen LogP contribution in [0.15, 0.2) is 12.1 Å². The second kappa shape index (κ2) is 2.98. The molecule has 1 aromatic rings. The lowest BCUT2D eigenvalue weighted by Crippen LogP contribution is -2.14. The van der Waals surface area contributed by atoms with Crippen molar-refractivity contribution in [1.29, 1.82) is 0 Å². The molecule has 0 N–H and O–H groups in total. The predicted molar refractivity (Wildman–Crippen MR) is 44.9 cm³/mol. The number of benzene rings is 1. The van der Waals surface area contributed by atoms with Crippen LogP contribution in [0.2, 0.25) is 0 Å². The molecule has 13 heavy (non-hydrogen) atoms. The largest absolute Gasteiger partial charge is 0.490 e. The fourth-order valence-corrected chi connectivity index (χ4v) is 1.64. The molecule has 3 heteroatoms. The summed E-state index contributed by atoms with van der Waals surface area (Å²) in [7, 11) is 0. The van der Waals surface area contributed by atoms with Gasteiger partial charge in [0.1, 0.15) is 5.82 Å². The third-order valence-corrected chi connectivity index (χ3v) is 2.38. The van der Waals surface area contributed by atoms with Gasteiger partial charge in [0.05, 0.1) is 6.61 Å². The molecule has 1 heterocycles.